The fourth-order valence-corrected chi connectivity index (χ4v) is 2.84. The van der Waals surface area contributed by atoms with Crippen LogP contribution in [0.1, 0.15) is 33.6 Å². The van der Waals surface area contributed by atoms with Gasteiger partial charge in [0.2, 0.25) is 5.78 Å². The van der Waals surface area contributed by atoms with Gasteiger partial charge in [0.1, 0.15) is 23.9 Å². The maximum absolute atomic E-state index is 13.4. The molecule has 0 radical (unpaired) electrons. The molecule has 0 N–H and O–H groups in total. The number of hydrogen-bond acceptors (Lipinski definition) is 6. The van der Waals surface area contributed by atoms with Crippen LogP contribution in [0.3, 0.4) is 0 Å². The van der Waals surface area contributed by atoms with E-state index in [-0.39, 0.29) is 23.0 Å². The average molecular weight is 388 g/mol. The third-order valence-corrected chi connectivity index (χ3v) is 4.35. The van der Waals surface area contributed by atoms with Gasteiger partial charge in [0, 0.05) is 6.61 Å². The van der Waals surface area contributed by atoms with E-state index >= 15 is 0 Å². The first-order valence-corrected chi connectivity index (χ1v) is 8.95. The van der Waals surface area contributed by atoms with Crippen LogP contribution < -0.4 is 9.47 Å². The minimum atomic E-state index is -0.658. The highest BCUT2D eigenvalue weighted by atomic mass is 19.1. The summed E-state index contributed by atoms with van der Waals surface area (Å²) in [7, 11) is 1.37. The maximum Gasteiger partial charge on any atom is 0.338 e. The molecular weight excluding hydrogens is 367 g/mol. The Morgan fingerprint density at radius 1 is 1.18 bits per heavy atom. The summed E-state index contributed by atoms with van der Waals surface area (Å²) in [5.74, 6) is -0.951. The van der Waals surface area contributed by atoms with Crippen LogP contribution in [0.15, 0.2) is 42.5 Å². The van der Waals surface area contributed by atoms with E-state index in [9.17, 15) is 14.0 Å². The van der Waals surface area contributed by atoms with E-state index in [0.29, 0.717) is 12.4 Å². The molecule has 0 aliphatic carbocycles. The number of esters is 1. The van der Waals surface area contributed by atoms with Crippen molar-refractivity contribution in [2.24, 2.45) is 0 Å². The molecule has 0 saturated carbocycles. The third-order valence-electron chi connectivity index (χ3n) is 4.35. The van der Waals surface area contributed by atoms with Crippen molar-refractivity contribution in [3.63, 3.8) is 0 Å². The molecule has 1 fully saturated rings. The lowest BCUT2D eigenvalue weighted by Crippen LogP contribution is -2.16. The minimum absolute atomic E-state index is 0.0215. The number of hydrogen-bond donors (Lipinski definition) is 0. The molecule has 0 aromatic heterocycles. The van der Waals surface area contributed by atoms with E-state index in [1.165, 1.54) is 19.2 Å². The molecule has 6 nitrogen and oxygen atoms in total. The highest BCUT2D eigenvalue weighted by Crippen LogP contribution is 2.20. The van der Waals surface area contributed by atoms with Crippen molar-refractivity contribution in [3.05, 3.63) is 59.4 Å². The molecule has 7 heteroatoms. The van der Waals surface area contributed by atoms with E-state index in [4.69, 9.17) is 18.9 Å². The van der Waals surface area contributed by atoms with Crippen LogP contribution in [0.25, 0.3) is 0 Å². The standard InChI is InChI=1S/C21H21FO6/c1-25-20-9-6-15(22)11-18(20)19(23)13-28-21(24)14-4-7-16(8-5-14)27-12-17-3-2-10-26-17/h4-9,11,17H,2-3,10,12-13H2,1H3/t17-/m0/s1. The Morgan fingerprint density at radius 3 is 2.64 bits per heavy atom. The highest BCUT2D eigenvalue weighted by molar-refractivity contribution is 6.01. The van der Waals surface area contributed by atoms with E-state index < -0.39 is 24.2 Å². The lowest BCUT2D eigenvalue weighted by Gasteiger charge is -2.12. The van der Waals surface area contributed by atoms with Crippen molar-refractivity contribution < 1.29 is 32.9 Å². The third kappa shape index (κ3) is 5.07. The Balaban J connectivity index is 1.53. The number of carbonyl (C=O) groups excluding carboxylic acids is 2. The molecule has 28 heavy (non-hydrogen) atoms. The second-order valence-electron chi connectivity index (χ2n) is 6.31. The summed E-state index contributed by atoms with van der Waals surface area (Å²) in [6, 6.07) is 10.0. The molecule has 1 saturated heterocycles. The van der Waals surface area contributed by atoms with Crippen molar-refractivity contribution >= 4 is 11.8 Å². The van der Waals surface area contributed by atoms with Crippen molar-refractivity contribution in [2.45, 2.75) is 18.9 Å². The second kappa shape index (κ2) is 9.32. The van der Waals surface area contributed by atoms with Crippen molar-refractivity contribution in [3.8, 4) is 11.5 Å². The van der Waals surface area contributed by atoms with E-state index in [2.05, 4.69) is 0 Å². The van der Waals surface area contributed by atoms with Crippen molar-refractivity contribution in [1.82, 2.24) is 0 Å². The summed E-state index contributed by atoms with van der Waals surface area (Å²) in [5.41, 5.74) is 0.302. The van der Waals surface area contributed by atoms with Crippen LogP contribution in [0, 0.1) is 5.82 Å². The molecule has 1 heterocycles. The fourth-order valence-electron chi connectivity index (χ4n) is 2.84. The largest absolute Gasteiger partial charge is 0.496 e. The van der Waals surface area contributed by atoms with Crippen molar-refractivity contribution in [2.75, 3.05) is 26.9 Å². The van der Waals surface area contributed by atoms with Crippen LogP contribution in [-0.4, -0.2) is 44.8 Å². The first-order chi connectivity index (χ1) is 13.6. The number of ether oxygens (including phenoxy) is 4. The van der Waals surface area contributed by atoms with Crippen LogP contribution in [0.5, 0.6) is 11.5 Å². The zero-order chi connectivity index (χ0) is 19.9. The van der Waals surface area contributed by atoms with E-state index in [0.717, 1.165) is 25.5 Å². The lowest BCUT2D eigenvalue weighted by atomic mass is 10.1. The van der Waals surface area contributed by atoms with Gasteiger partial charge in [0.15, 0.2) is 6.61 Å². The van der Waals surface area contributed by atoms with Crippen LogP contribution in [0.2, 0.25) is 0 Å². The Morgan fingerprint density at radius 2 is 1.96 bits per heavy atom. The normalized spacial score (nSPS) is 15.9. The summed E-state index contributed by atoms with van der Waals surface area (Å²) in [5, 5.41) is 0. The van der Waals surface area contributed by atoms with Gasteiger partial charge in [-0.3, -0.25) is 4.79 Å². The summed E-state index contributed by atoms with van der Waals surface area (Å²) >= 11 is 0. The van der Waals surface area contributed by atoms with Gasteiger partial charge in [-0.25, -0.2) is 9.18 Å². The van der Waals surface area contributed by atoms with Gasteiger partial charge in [-0.05, 0) is 55.3 Å². The van der Waals surface area contributed by atoms with E-state index in [1.54, 1.807) is 24.3 Å². The number of ketones is 1. The maximum atomic E-state index is 13.4. The lowest BCUT2D eigenvalue weighted by molar-refractivity contribution is 0.0473. The fraction of sp³-hybridized carbons (Fsp3) is 0.333. The topological polar surface area (TPSA) is 71.1 Å². The Hall–Kier alpha value is -2.93. The van der Waals surface area contributed by atoms with Gasteiger partial charge in [0.25, 0.3) is 0 Å². The predicted molar refractivity (Wildman–Crippen MR) is 98.5 cm³/mol. The zero-order valence-electron chi connectivity index (χ0n) is 15.5. The first-order valence-electron chi connectivity index (χ1n) is 8.95. The summed E-state index contributed by atoms with van der Waals surface area (Å²) in [4.78, 5) is 24.4. The highest BCUT2D eigenvalue weighted by Gasteiger charge is 2.18. The molecule has 0 amide bonds. The first kappa shape index (κ1) is 19.8. The molecule has 148 valence electrons. The van der Waals surface area contributed by atoms with Gasteiger partial charge < -0.3 is 18.9 Å². The molecule has 3 rings (SSSR count). The number of methoxy groups -OCH3 is 1. The Labute approximate surface area is 162 Å². The van der Waals surface area contributed by atoms with Gasteiger partial charge in [-0.15, -0.1) is 0 Å². The summed E-state index contributed by atoms with van der Waals surface area (Å²) < 4.78 is 34.6. The van der Waals surface area contributed by atoms with Crippen molar-refractivity contribution in [1.29, 1.82) is 0 Å². The Bertz CT molecular complexity index is 827. The van der Waals surface area contributed by atoms with Crippen LogP contribution in [0.4, 0.5) is 4.39 Å². The number of rotatable bonds is 8. The Kier molecular flexibility index (Phi) is 6.60. The van der Waals surface area contributed by atoms with Gasteiger partial charge in [0.05, 0.1) is 24.3 Å². The molecule has 0 bridgehead atoms. The molecular formula is C21H21FO6. The number of halogens is 1. The molecule has 2 aromatic carbocycles. The quantitative estimate of drug-likeness (QED) is 0.510. The second-order valence-corrected chi connectivity index (χ2v) is 6.31. The van der Waals surface area contributed by atoms with Crippen LogP contribution >= 0.6 is 0 Å². The number of carbonyl (C=O) groups is 2. The minimum Gasteiger partial charge on any atom is -0.496 e. The molecule has 2 aromatic rings. The molecule has 0 unspecified atom stereocenters. The zero-order valence-corrected chi connectivity index (χ0v) is 15.5. The summed E-state index contributed by atoms with van der Waals surface area (Å²) in [6.07, 6.45) is 2.13. The van der Waals surface area contributed by atoms with E-state index in [1.807, 2.05) is 0 Å². The molecule has 0 spiro atoms. The molecule has 1 aliphatic heterocycles. The van der Waals surface area contributed by atoms with Gasteiger partial charge in [-0.2, -0.15) is 0 Å². The van der Waals surface area contributed by atoms with Gasteiger partial charge in [-0.1, -0.05) is 0 Å². The van der Waals surface area contributed by atoms with Gasteiger partial charge >= 0.3 is 5.97 Å². The predicted octanol–water partition coefficient (Wildman–Crippen LogP) is 3.43. The molecule has 1 aliphatic rings. The molecule has 1 atom stereocenters. The van der Waals surface area contributed by atoms with Crippen LogP contribution in [-0.2, 0) is 9.47 Å². The smallest absolute Gasteiger partial charge is 0.338 e. The SMILES string of the molecule is COc1ccc(F)cc1C(=O)COC(=O)c1ccc(OC[C@@H]2CCCO2)cc1. The summed E-state index contributed by atoms with van der Waals surface area (Å²) in [6.45, 7) is 0.711. The number of Topliss-reactive ketones (excluding diaryl/α,β-unsaturated/α-hetero) is 1. The monoisotopic (exact) mass is 388 g/mol. The number of benzene rings is 2. The average Bonchev–Trinajstić information content (AvgIpc) is 3.24.